The lowest BCUT2D eigenvalue weighted by atomic mass is 9.94. The molecule has 3 saturated heterocycles. The van der Waals surface area contributed by atoms with Gasteiger partial charge in [-0.3, -0.25) is 19.2 Å². The van der Waals surface area contributed by atoms with E-state index >= 15 is 0 Å². The number of hydrogen-bond donors (Lipinski definition) is 0. The maximum atomic E-state index is 13.9. The molecule has 3 aliphatic heterocycles. The van der Waals surface area contributed by atoms with Gasteiger partial charge in [-0.15, -0.1) is 0 Å². The molecule has 11 atom stereocenters. The molecule has 0 amide bonds. The summed E-state index contributed by atoms with van der Waals surface area (Å²) in [6, 6.07) is 15.8. The van der Waals surface area contributed by atoms with Crippen LogP contribution in [0.4, 0.5) is 0 Å². The molecule has 0 N–H and O–H groups in total. The fraction of sp³-hybridized carbons (Fsp3) is 0.595. The average Bonchev–Trinajstić information content (AvgIpc) is 3.25. The Labute approximate surface area is 353 Å². The van der Waals surface area contributed by atoms with Gasteiger partial charge in [0.1, 0.15) is 37.1 Å². The second kappa shape index (κ2) is 23.7. The zero-order valence-electron chi connectivity index (χ0n) is 34.6. The molecule has 0 spiro atoms. The number of nitrogens with zero attached hydrogens (tertiary/aromatic N) is 3. The Morgan fingerprint density at radius 3 is 2.05 bits per heavy atom. The minimum atomic E-state index is -1.63. The Kier molecular flexibility index (Phi) is 18.3. The summed E-state index contributed by atoms with van der Waals surface area (Å²) in [6.45, 7) is 3.08. The minimum Gasteiger partial charge on any atom is -0.469 e. The van der Waals surface area contributed by atoms with Gasteiger partial charge in [0.15, 0.2) is 37.2 Å². The molecule has 0 radical (unpaired) electrons. The van der Waals surface area contributed by atoms with Crippen LogP contribution in [-0.4, -0.2) is 118 Å². The first kappa shape index (κ1) is 46.9. The van der Waals surface area contributed by atoms with Gasteiger partial charge in [-0.2, -0.15) is 0 Å². The number of hydrogen-bond acceptors (Lipinski definition) is 17. The molecule has 0 aromatic heterocycles. The van der Waals surface area contributed by atoms with Crippen LogP contribution in [0, 0.1) is 0 Å². The summed E-state index contributed by atoms with van der Waals surface area (Å²) in [6.07, 6.45) is -7.49. The Hall–Kier alpha value is -5.14. The third-order valence-electron chi connectivity index (χ3n) is 10.0. The lowest BCUT2D eigenvalue weighted by Crippen LogP contribution is -2.67. The summed E-state index contributed by atoms with van der Waals surface area (Å²) in [5.41, 5.74) is 10.7. The van der Waals surface area contributed by atoms with Crippen LogP contribution in [0.15, 0.2) is 65.8 Å². The maximum absolute atomic E-state index is 13.9. The number of fused-ring (bicyclic) bond motifs is 1. The first-order valence-corrected chi connectivity index (χ1v) is 20.2. The molecule has 5 rings (SSSR count). The quantitative estimate of drug-likeness (QED) is 0.0416. The number of esters is 5. The van der Waals surface area contributed by atoms with E-state index in [2.05, 4.69) is 10.0 Å². The largest absolute Gasteiger partial charge is 0.469 e. The molecular weight excluding hydrogens is 802 g/mol. The molecule has 0 saturated carbocycles. The van der Waals surface area contributed by atoms with Crippen molar-refractivity contribution in [2.45, 2.75) is 133 Å². The van der Waals surface area contributed by atoms with E-state index in [4.69, 9.17) is 52.1 Å². The van der Waals surface area contributed by atoms with Crippen molar-refractivity contribution in [2.75, 3.05) is 26.9 Å². The van der Waals surface area contributed by atoms with E-state index in [9.17, 15) is 29.5 Å². The number of unbranched alkanes of at least 4 members (excludes halogenated alkanes) is 5. The minimum absolute atomic E-state index is 0.0140. The van der Waals surface area contributed by atoms with Crippen molar-refractivity contribution in [2.24, 2.45) is 5.11 Å². The predicted octanol–water partition coefficient (Wildman–Crippen LogP) is 5.19. The van der Waals surface area contributed by atoms with Crippen molar-refractivity contribution in [1.82, 2.24) is 0 Å². The van der Waals surface area contributed by atoms with Crippen LogP contribution >= 0.6 is 0 Å². The molecule has 2 aromatic carbocycles. The highest BCUT2D eigenvalue weighted by Crippen LogP contribution is 2.40. The van der Waals surface area contributed by atoms with Crippen LogP contribution in [-0.2, 0) is 71.3 Å². The normalized spacial score (nSPS) is 28.2. The number of ether oxygens (including phenoxy) is 11. The molecule has 19 nitrogen and oxygen atoms in total. The standard InChI is InChI=1S/C42H53N3O16/c1-25(46)53-23-30-34(55-26(2)47)36(56-27(3)48)33(44-45-43)41(57-30)61-37-35-31(24-54-40(60-35)29-19-13-10-14-20-29)58-42(38(37)59-39(50)28-17-11-9-12-18-28)52-22-16-8-6-5-7-15-21-32(49)51-4/h9-14,17-20,30-31,33-38,40-42H,5-8,15-16,21-24H2,1-4H3/t30-,31-,33-,34+,35+,36-,37+,38-,40?,41-,42-/m1/s1. The van der Waals surface area contributed by atoms with E-state index in [1.54, 1.807) is 30.3 Å². The monoisotopic (exact) mass is 855 g/mol. The summed E-state index contributed by atoms with van der Waals surface area (Å²) < 4.78 is 65.7. The molecule has 3 fully saturated rings. The third-order valence-corrected chi connectivity index (χ3v) is 10.0. The highest BCUT2D eigenvalue weighted by atomic mass is 16.8. The van der Waals surface area contributed by atoms with Gasteiger partial charge in [0, 0.05) is 44.3 Å². The van der Waals surface area contributed by atoms with Crippen molar-refractivity contribution >= 4 is 29.8 Å². The van der Waals surface area contributed by atoms with Crippen LogP contribution < -0.4 is 0 Å². The molecule has 3 aliphatic rings. The van der Waals surface area contributed by atoms with Crippen molar-refractivity contribution in [1.29, 1.82) is 0 Å². The summed E-state index contributed by atoms with van der Waals surface area (Å²) in [4.78, 5) is 65.1. The molecule has 19 heteroatoms. The van der Waals surface area contributed by atoms with Crippen LogP contribution in [0.5, 0.6) is 0 Å². The molecule has 0 bridgehead atoms. The van der Waals surface area contributed by atoms with E-state index in [0.717, 1.165) is 52.9 Å². The number of methoxy groups -OCH3 is 1. The van der Waals surface area contributed by atoms with Gasteiger partial charge in [-0.05, 0) is 30.5 Å². The molecule has 61 heavy (non-hydrogen) atoms. The molecule has 1 unspecified atom stereocenters. The van der Waals surface area contributed by atoms with E-state index in [0.29, 0.717) is 18.4 Å². The molecule has 2 aromatic rings. The van der Waals surface area contributed by atoms with Gasteiger partial charge < -0.3 is 52.1 Å². The number of benzene rings is 2. The second-order valence-corrected chi connectivity index (χ2v) is 14.6. The van der Waals surface area contributed by atoms with E-state index in [1.165, 1.54) is 7.11 Å². The van der Waals surface area contributed by atoms with Gasteiger partial charge in [0.05, 0.1) is 19.3 Å². The number of carbonyl (C=O) groups is 5. The Morgan fingerprint density at radius 1 is 0.738 bits per heavy atom. The van der Waals surface area contributed by atoms with Gasteiger partial charge >= 0.3 is 29.8 Å². The number of carbonyl (C=O) groups excluding carboxylic acids is 5. The van der Waals surface area contributed by atoms with Crippen LogP contribution in [0.1, 0.15) is 87.9 Å². The van der Waals surface area contributed by atoms with Crippen molar-refractivity contribution in [3.63, 3.8) is 0 Å². The average molecular weight is 856 g/mol. The number of rotatable bonds is 20. The topological polar surface area (TPSA) is 236 Å². The van der Waals surface area contributed by atoms with Gasteiger partial charge in [0.2, 0.25) is 0 Å². The van der Waals surface area contributed by atoms with Gasteiger partial charge in [-0.1, -0.05) is 79.3 Å². The van der Waals surface area contributed by atoms with E-state index in [-0.39, 0.29) is 24.7 Å². The molecule has 3 heterocycles. The first-order valence-electron chi connectivity index (χ1n) is 20.2. The fourth-order valence-electron chi connectivity index (χ4n) is 7.22. The maximum Gasteiger partial charge on any atom is 0.338 e. The Balaban J connectivity index is 1.48. The Morgan fingerprint density at radius 2 is 1.39 bits per heavy atom. The predicted molar refractivity (Wildman–Crippen MR) is 209 cm³/mol. The van der Waals surface area contributed by atoms with Crippen molar-refractivity contribution in [3.8, 4) is 0 Å². The van der Waals surface area contributed by atoms with E-state index < -0.39 is 98.1 Å². The fourth-order valence-corrected chi connectivity index (χ4v) is 7.22. The van der Waals surface area contributed by atoms with Gasteiger partial charge in [0.25, 0.3) is 0 Å². The molecular formula is C42H53N3O16. The highest BCUT2D eigenvalue weighted by Gasteiger charge is 2.57. The Bertz CT molecular complexity index is 1800. The third kappa shape index (κ3) is 13.7. The lowest BCUT2D eigenvalue weighted by Gasteiger charge is -2.50. The van der Waals surface area contributed by atoms with E-state index in [1.807, 2.05) is 30.3 Å². The van der Waals surface area contributed by atoms with Crippen molar-refractivity contribution in [3.05, 3.63) is 82.2 Å². The van der Waals surface area contributed by atoms with Crippen LogP contribution in [0.2, 0.25) is 0 Å². The first-order chi connectivity index (χ1) is 29.5. The zero-order valence-corrected chi connectivity index (χ0v) is 34.6. The van der Waals surface area contributed by atoms with Crippen LogP contribution in [0.25, 0.3) is 10.4 Å². The number of azide groups is 1. The summed E-state index contributed by atoms with van der Waals surface area (Å²) in [5, 5.41) is 3.88. The van der Waals surface area contributed by atoms with Crippen LogP contribution in [0.3, 0.4) is 0 Å². The van der Waals surface area contributed by atoms with Gasteiger partial charge in [-0.25, -0.2) is 4.79 Å². The molecule has 0 aliphatic carbocycles. The summed E-state index contributed by atoms with van der Waals surface area (Å²) in [5.74, 6) is -3.28. The highest BCUT2D eigenvalue weighted by molar-refractivity contribution is 5.89. The lowest BCUT2D eigenvalue weighted by molar-refractivity contribution is -0.385. The smallest absolute Gasteiger partial charge is 0.338 e. The summed E-state index contributed by atoms with van der Waals surface area (Å²) in [7, 11) is 1.37. The summed E-state index contributed by atoms with van der Waals surface area (Å²) >= 11 is 0. The molecule has 332 valence electrons. The zero-order chi connectivity index (χ0) is 43.7. The SMILES string of the molecule is COC(=O)CCCCCCCCO[C@@H]1O[C@@H]2COC(c3ccccc3)O[C@@H]2[C@H](O[C@H]2O[C@H](COC(C)=O)[C@H](OC(C)=O)[C@H](OC(C)=O)[C@H]2N=[N+]=[N-])[C@H]1OC(=O)c1ccccc1. The van der Waals surface area contributed by atoms with Crippen molar-refractivity contribution < 1.29 is 76.1 Å². The second-order valence-electron chi connectivity index (χ2n) is 14.6.